The van der Waals surface area contributed by atoms with Crippen LogP contribution in [0.1, 0.15) is 27.3 Å². The van der Waals surface area contributed by atoms with Crippen LogP contribution in [0.25, 0.3) is 0 Å². The first-order chi connectivity index (χ1) is 9.70. The standard InChI is InChI=1S/C13H11ClF3N3O/c1-6-11(7(2)20-19-6)12(21)18-10-5-8(13(15,16)17)3-4-9(10)14/h3-5H,1-2H3,(H,18,21)(H,19,20). The van der Waals surface area contributed by atoms with Gasteiger partial charge in [-0.1, -0.05) is 11.6 Å². The Labute approximate surface area is 123 Å². The number of halogens is 4. The van der Waals surface area contributed by atoms with Crippen molar-refractivity contribution >= 4 is 23.2 Å². The summed E-state index contributed by atoms with van der Waals surface area (Å²) in [6.45, 7) is 3.26. The molecule has 0 aliphatic carbocycles. The Morgan fingerprint density at radius 2 is 2.00 bits per heavy atom. The lowest BCUT2D eigenvalue weighted by atomic mass is 10.1. The van der Waals surface area contributed by atoms with Gasteiger partial charge in [-0.3, -0.25) is 9.89 Å². The van der Waals surface area contributed by atoms with Gasteiger partial charge in [0.05, 0.1) is 27.5 Å². The van der Waals surface area contributed by atoms with Crippen molar-refractivity contribution in [1.82, 2.24) is 10.2 Å². The number of nitrogens with zero attached hydrogens (tertiary/aromatic N) is 1. The SMILES string of the molecule is Cc1n[nH]c(C)c1C(=O)Nc1cc(C(F)(F)F)ccc1Cl. The molecule has 1 heterocycles. The number of amides is 1. The van der Waals surface area contributed by atoms with E-state index in [-0.39, 0.29) is 16.3 Å². The number of rotatable bonds is 2. The summed E-state index contributed by atoms with van der Waals surface area (Å²) in [5.41, 5.74) is 0.268. The van der Waals surface area contributed by atoms with E-state index in [4.69, 9.17) is 11.6 Å². The third-order valence-electron chi connectivity index (χ3n) is 2.90. The van der Waals surface area contributed by atoms with Gasteiger partial charge in [0.15, 0.2) is 0 Å². The van der Waals surface area contributed by atoms with Gasteiger partial charge >= 0.3 is 6.18 Å². The highest BCUT2D eigenvalue weighted by Crippen LogP contribution is 2.34. The van der Waals surface area contributed by atoms with Gasteiger partial charge in [-0.15, -0.1) is 0 Å². The maximum absolute atomic E-state index is 12.7. The summed E-state index contributed by atoms with van der Waals surface area (Å²) in [4.78, 5) is 12.1. The molecular formula is C13H11ClF3N3O. The summed E-state index contributed by atoms with van der Waals surface area (Å²) < 4.78 is 38.0. The smallest absolute Gasteiger partial charge is 0.321 e. The van der Waals surface area contributed by atoms with Gasteiger partial charge in [0.2, 0.25) is 0 Å². The van der Waals surface area contributed by atoms with E-state index in [1.807, 2.05) is 0 Å². The van der Waals surface area contributed by atoms with E-state index in [9.17, 15) is 18.0 Å². The Hall–Kier alpha value is -2.02. The van der Waals surface area contributed by atoms with Crippen LogP contribution in [0.5, 0.6) is 0 Å². The number of H-pyrrole nitrogens is 1. The molecule has 0 unspecified atom stereocenters. The number of benzene rings is 1. The molecule has 0 bridgehead atoms. The van der Waals surface area contributed by atoms with Gasteiger partial charge in [-0.05, 0) is 32.0 Å². The van der Waals surface area contributed by atoms with Gasteiger partial charge in [0.1, 0.15) is 0 Å². The summed E-state index contributed by atoms with van der Waals surface area (Å²) in [7, 11) is 0. The number of anilines is 1. The topological polar surface area (TPSA) is 57.8 Å². The van der Waals surface area contributed by atoms with Crippen molar-refractivity contribution in [2.75, 3.05) is 5.32 Å². The Morgan fingerprint density at radius 3 is 2.52 bits per heavy atom. The van der Waals surface area contributed by atoms with Crippen molar-refractivity contribution in [3.05, 3.63) is 45.7 Å². The van der Waals surface area contributed by atoms with Crippen molar-refractivity contribution in [1.29, 1.82) is 0 Å². The molecule has 1 aromatic heterocycles. The lowest BCUT2D eigenvalue weighted by Gasteiger charge is -2.11. The van der Waals surface area contributed by atoms with Gasteiger partial charge in [-0.25, -0.2) is 0 Å². The third kappa shape index (κ3) is 3.18. The van der Waals surface area contributed by atoms with Crippen molar-refractivity contribution in [2.24, 2.45) is 0 Å². The van der Waals surface area contributed by atoms with Gasteiger partial charge < -0.3 is 5.32 Å². The van der Waals surface area contributed by atoms with E-state index in [2.05, 4.69) is 15.5 Å². The van der Waals surface area contributed by atoms with E-state index >= 15 is 0 Å². The number of carbonyl (C=O) groups is 1. The number of carbonyl (C=O) groups excluding carboxylic acids is 1. The number of aromatic nitrogens is 2. The van der Waals surface area contributed by atoms with Crippen molar-refractivity contribution in [3.63, 3.8) is 0 Å². The van der Waals surface area contributed by atoms with Crippen LogP contribution >= 0.6 is 11.6 Å². The van der Waals surface area contributed by atoms with Crippen molar-refractivity contribution in [3.8, 4) is 0 Å². The average molecular weight is 318 g/mol. The highest BCUT2D eigenvalue weighted by molar-refractivity contribution is 6.34. The third-order valence-corrected chi connectivity index (χ3v) is 3.23. The molecule has 21 heavy (non-hydrogen) atoms. The molecule has 2 N–H and O–H groups in total. The highest BCUT2D eigenvalue weighted by Gasteiger charge is 2.31. The zero-order valence-electron chi connectivity index (χ0n) is 11.1. The molecule has 0 aliphatic rings. The van der Waals surface area contributed by atoms with Crippen LogP contribution < -0.4 is 5.32 Å². The van der Waals surface area contributed by atoms with Crippen LogP contribution in [0.3, 0.4) is 0 Å². The molecule has 0 fully saturated rings. The zero-order valence-corrected chi connectivity index (χ0v) is 11.9. The van der Waals surface area contributed by atoms with E-state index < -0.39 is 17.6 Å². The van der Waals surface area contributed by atoms with Gasteiger partial charge in [0.25, 0.3) is 5.91 Å². The molecule has 2 rings (SSSR count). The van der Waals surface area contributed by atoms with Crippen LogP contribution in [-0.2, 0) is 6.18 Å². The first-order valence-corrected chi connectivity index (χ1v) is 6.27. The number of aryl methyl sites for hydroxylation is 2. The lowest BCUT2D eigenvalue weighted by Crippen LogP contribution is -2.15. The molecule has 0 saturated heterocycles. The molecule has 4 nitrogen and oxygen atoms in total. The second kappa shape index (κ2) is 5.40. The van der Waals surface area contributed by atoms with E-state index in [1.165, 1.54) is 0 Å². The fourth-order valence-electron chi connectivity index (χ4n) is 1.87. The van der Waals surface area contributed by atoms with Gasteiger partial charge in [0, 0.05) is 5.69 Å². The predicted molar refractivity (Wildman–Crippen MR) is 72.5 cm³/mol. The highest BCUT2D eigenvalue weighted by atomic mass is 35.5. The number of alkyl halides is 3. The summed E-state index contributed by atoms with van der Waals surface area (Å²) >= 11 is 5.83. The largest absolute Gasteiger partial charge is 0.416 e. The van der Waals surface area contributed by atoms with Crippen LogP contribution in [0.2, 0.25) is 5.02 Å². The van der Waals surface area contributed by atoms with E-state index in [0.717, 1.165) is 18.2 Å². The summed E-state index contributed by atoms with van der Waals surface area (Å²) in [6, 6.07) is 2.74. The summed E-state index contributed by atoms with van der Waals surface area (Å²) in [5.74, 6) is -0.569. The predicted octanol–water partition coefficient (Wildman–Crippen LogP) is 3.95. The molecular weight excluding hydrogens is 307 g/mol. The first-order valence-electron chi connectivity index (χ1n) is 5.90. The minimum atomic E-state index is -4.51. The molecule has 1 amide bonds. The number of nitrogens with one attached hydrogen (secondary N) is 2. The Morgan fingerprint density at radius 1 is 1.33 bits per heavy atom. The van der Waals surface area contributed by atoms with Crippen LogP contribution in [0.15, 0.2) is 18.2 Å². The Balaban J connectivity index is 2.34. The monoisotopic (exact) mass is 317 g/mol. The Kier molecular flexibility index (Phi) is 3.95. The molecule has 1 aromatic carbocycles. The molecule has 0 radical (unpaired) electrons. The fraction of sp³-hybridized carbons (Fsp3) is 0.231. The molecule has 112 valence electrons. The second-order valence-corrected chi connectivity index (χ2v) is 4.86. The number of hydrogen-bond acceptors (Lipinski definition) is 2. The maximum Gasteiger partial charge on any atom is 0.416 e. The normalized spacial score (nSPS) is 11.5. The number of aromatic amines is 1. The minimum Gasteiger partial charge on any atom is -0.321 e. The summed E-state index contributed by atoms with van der Waals surface area (Å²) in [5, 5.41) is 8.89. The summed E-state index contributed by atoms with van der Waals surface area (Å²) in [6.07, 6.45) is -4.51. The molecule has 8 heteroatoms. The molecule has 2 aromatic rings. The van der Waals surface area contributed by atoms with Crippen LogP contribution in [0, 0.1) is 13.8 Å². The van der Waals surface area contributed by atoms with Crippen LogP contribution in [-0.4, -0.2) is 16.1 Å². The quantitative estimate of drug-likeness (QED) is 0.881. The maximum atomic E-state index is 12.7. The molecule has 0 aliphatic heterocycles. The number of hydrogen-bond donors (Lipinski definition) is 2. The Bertz CT molecular complexity index is 675. The van der Waals surface area contributed by atoms with Crippen molar-refractivity contribution < 1.29 is 18.0 Å². The van der Waals surface area contributed by atoms with E-state index in [1.54, 1.807) is 13.8 Å². The fourth-order valence-corrected chi connectivity index (χ4v) is 2.03. The molecule has 0 atom stereocenters. The molecule has 0 spiro atoms. The van der Waals surface area contributed by atoms with Crippen LogP contribution in [0.4, 0.5) is 18.9 Å². The van der Waals surface area contributed by atoms with E-state index in [0.29, 0.717) is 11.4 Å². The second-order valence-electron chi connectivity index (χ2n) is 4.46. The van der Waals surface area contributed by atoms with Crippen molar-refractivity contribution in [2.45, 2.75) is 20.0 Å². The minimum absolute atomic E-state index is 0.0233. The average Bonchev–Trinajstić information content (AvgIpc) is 2.70. The van der Waals surface area contributed by atoms with Gasteiger partial charge in [-0.2, -0.15) is 18.3 Å². The lowest BCUT2D eigenvalue weighted by molar-refractivity contribution is -0.137. The first kappa shape index (κ1) is 15.4. The molecule has 0 saturated carbocycles. The zero-order chi connectivity index (χ0) is 15.8.